The number of rotatable bonds is 9. The standard InChI is InChI=1S/C22H30N2O4S/c1-16-11-12-17(2)21(14-16)24(29(5,26)27)18(3)22(25)23-13-7-9-19-8-6-10-20(15-19)28-4/h6,8,10-12,14-15,18H,7,9,13H2,1-5H3,(H,23,25). The molecule has 0 bridgehead atoms. The molecule has 0 saturated carbocycles. The third kappa shape index (κ3) is 6.22. The molecule has 0 saturated heterocycles. The summed E-state index contributed by atoms with van der Waals surface area (Å²) in [5, 5.41) is 2.86. The number of hydrogen-bond acceptors (Lipinski definition) is 4. The van der Waals surface area contributed by atoms with E-state index in [4.69, 9.17) is 4.74 Å². The number of nitrogens with zero attached hydrogens (tertiary/aromatic N) is 1. The molecule has 7 heteroatoms. The predicted octanol–water partition coefficient (Wildman–Crippen LogP) is 3.22. The zero-order chi connectivity index (χ0) is 21.6. The molecule has 0 spiro atoms. The fourth-order valence-electron chi connectivity index (χ4n) is 3.22. The Morgan fingerprint density at radius 3 is 2.55 bits per heavy atom. The first-order chi connectivity index (χ1) is 13.6. The van der Waals surface area contributed by atoms with E-state index in [-0.39, 0.29) is 5.91 Å². The maximum Gasteiger partial charge on any atom is 0.243 e. The van der Waals surface area contributed by atoms with Crippen molar-refractivity contribution in [2.45, 2.75) is 39.7 Å². The second-order valence-corrected chi connectivity index (χ2v) is 9.13. The van der Waals surface area contributed by atoms with Gasteiger partial charge in [-0.1, -0.05) is 24.3 Å². The largest absolute Gasteiger partial charge is 0.497 e. The number of carbonyl (C=O) groups excluding carboxylic acids is 1. The van der Waals surface area contributed by atoms with E-state index in [0.29, 0.717) is 12.2 Å². The molecule has 0 aromatic heterocycles. The van der Waals surface area contributed by atoms with Crippen molar-refractivity contribution in [2.24, 2.45) is 0 Å². The summed E-state index contributed by atoms with van der Waals surface area (Å²) in [6, 6.07) is 12.5. The molecule has 0 heterocycles. The van der Waals surface area contributed by atoms with Crippen LogP contribution in [0.15, 0.2) is 42.5 Å². The molecule has 0 fully saturated rings. The Bertz CT molecular complexity index is 957. The molecule has 2 aromatic rings. The van der Waals surface area contributed by atoms with Gasteiger partial charge in [0.2, 0.25) is 15.9 Å². The monoisotopic (exact) mass is 418 g/mol. The van der Waals surface area contributed by atoms with Crippen LogP contribution in [0.1, 0.15) is 30.0 Å². The third-order valence-electron chi connectivity index (χ3n) is 4.77. The molecule has 1 amide bonds. The highest BCUT2D eigenvalue weighted by Crippen LogP contribution is 2.26. The lowest BCUT2D eigenvalue weighted by atomic mass is 10.1. The zero-order valence-corrected chi connectivity index (χ0v) is 18.5. The summed E-state index contributed by atoms with van der Waals surface area (Å²) >= 11 is 0. The van der Waals surface area contributed by atoms with Crippen LogP contribution in [0.4, 0.5) is 5.69 Å². The van der Waals surface area contributed by atoms with E-state index in [2.05, 4.69) is 5.32 Å². The summed E-state index contributed by atoms with van der Waals surface area (Å²) in [4.78, 5) is 12.7. The summed E-state index contributed by atoms with van der Waals surface area (Å²) in [6.07, 6.45) is 2.66. The highest BCUT2D eigenvalue weighted by atomic mass is 32.2. The SMILES string of the molecule is COc1cccc(CCCNC(=O)C(C)N(c2cc(C)ccc2C)S(C)(=O)=O)c1. The molecule has 0 aliphatic rings. The van der Waals surface area contributed by atoms with E-state index in [1.807, 2.05) is 50.2 Å². The van der Waals surface area contributed by atoms with Gasteiger partial charge in [0.1, 0.15) is 11.8 Å². The summed E-state index contributed by atoms with van der Waals surface area (Å²) in [5.41, 5.74) is 3.40. The van der Waals surface area contributed by atoms with Crippen LogP contribution in [0.2, 0.25) is 0 Å². The van der Waals surface area contributed by atoms with Gasteiger partial charge >= 0.3 is 0 Å². The van der Waals surface area contributed by atoms with Gasteiger partial charge in [0, 0.05) is 6.54 Å². The van der Waals surface area contributed by atoms with Crippen molar-refractivity contribution in [3.63, 3.8) is 0 Å². The smallest absolute Gasteiger partial charge is 0.243 e. The quantitative estimate of drug-likeness (QED) is 0.635. The van der Waals surface area contributed by atoms with Crippen LogP contribution in [0.5, 0.6) is 5.75 Å². The van der Waals surface area contributed by atoms with Gasteiger partial charge in [-0.2, -0.15) is 0 Å². The van der Waals surface area contributed by atoms with Crippen molar-refractivity contribution in [1.82, 2.24) is 5.32 Å². The normalized spacial score (nSPS) is 12.3. The van der Waals surface area contributed by atoms with E-state index in [0.717, 1.165) is 41.5 Å². The van der Waals surface area contributed by atoms with E-state index in [9.17, 15) is 13.2 Å². The molecule has 0 aliphatic carbocycles. The molecule has 2 rings (SSSR count). The van der Waals surface area contributed by atoms with Gasteiger partial charge in [-0.05, 0) is 68.5 Å². The van der Waals surface area contributed by atoms with Crippen LogP contribution in [-0.4, -0.2) is 40.3 Å². The number of ether oxygens (including phenoxy) is 1. The molecular weight excluding hydrogens is 388 g/mol. The number of aryl methyl sites for hydroxylation is 3. The number of amides is 1. The fourth-order valence-corrected chi connectivity index (χ4v) is 4.44. The van der Waals surface area contributed by atoms with Gasteiger partial charge in [-0.25, -0.2) is 8.42 Å². The third-order valence-corrected chi connectivity index (χ3v) is 5.99. The number of sulfonamides is 1. The minimum atomic E-state index is -3.62. The van der Waals surface area contributed by atoms with E-state index in [1.54, 1.807) is 20.1 Å². The topological polar surface area (TPSA) is 75.7 Å². The molecule has 0 radical (unpaired) electrons. The average molecular weight is 419 g/mol. The molecular formula is C22H30N2O4S. The Balaban J connectivity index is 2.03. The van der Waals surface area contributed by atoms with Gasteiger partial charge in [0.05, 0.1) is 19.1 Å². The zero-order valence-electron chi connectivity index (χ0n) is 17.7. The van der Waals surface area contributed by atoms with Gasteiger partial charge < -0.3 is 10.1 Å². The number of methoxy groups -OCH3 is 1. The highest BCUT2D eigenvalue weighted by molar-refractivity contribution is 7.92. The Morgan fingerprint density at radius 1 is 1.17 bits per heavy atom. The number of benzene rings is 2. The van der Waals surface area contributed by atoms with Gasteiger partial charge in [0.15, 0.2) is 0 Å². The average Bonchev–Trinajstić information content (AvgIpc) is 2.67. The maximum absolute atomic E-state index is 12.7. The minimum Gasteiger partial charge on any atom is -0.497 e. The summed E-state index contributed by atoms with van der Waals surface area (Å²) in [7, 11) is -1.99. The van der Waals surface area contributed by atoms with E-state index < -0.39 is 16.1 Å². The van der Waals surface area contributed by atoms with Crippen molar-refractivity contribution in [2.75, 3.05) is 24.2 Å². The lowest BCUT2D eigenvalue weighted by Crippen LogP contribution is -2.48. The van der Waals surface area contributed by atoms with Crippen LogP contribution in [0.25, 0.3) is 0 Å². The number of anilines is 1. The molecule has 2 aromatic carbocycles. The first kappa shape index (κ1) is 22.7. The second kappa shape index (κ2) is 9.78. The van der Waals surface area contributed by atoms with Crippen LogP contribution in [-0.2, 0) is 21.2 Å². The summed E-state index contributed by atoms with van der Waals surface area (Å²) in [6.45, 7) is 5.81. The van der Waals surface area contributed by atoms with Crippen LogP contribution in [0.3, 0.4) is 0 Å². The molecule has 29 heavy (non-hydrogen) atoms. The Labute approximate surface area is 173 Å². The molecule has 1 atom stereocenters. The fraction of sp³-hybridized carbons (Fsp3) is 0.409. The number of hydrogen-bond donors (Lipinski definition) is 1. The van der Waals surface area contributed by atoms with Gasteiger partial charge in [-0.3, -0.25) is 9.10 Å². The first-order valence-corrected chi connectivity index (χ1v) is 11.5. The Kier molecular flexibility index (Phi) is 7.67. The van der Waals surface area contributed by atoms with Crippen molar-refractivity contribution < 1.29 is 17.9 Å². The Morgan fingerprint density at radius 2 is 1.90 bits per heavy atom. The van der Waals surface area contributed by atoms with Crippen molar-refractivity contribution in [1.29, 1.82) is 0 Å². The predicted molar refractivity (Wildman–Crippen MR) is 117 cm³/mol. The van der Waals surface area contributed by atoms with Crippen molar-refractivity contribution in [3.05, 3.63) is 59.2 Å². The molecule has 1 N–H and O–H groups in total. The van der Waals surface area contributed by atoms with Gasteiger partial charge in [0.25, 0.3) is 0 Å². The molecule has 1 unspecified atom stereocenters. The van der Waals surface area contributed by atoms with Crippen LogP contribution < -0.4 is 14.4 Å². The molecule has 158 valence electrons. The lowest BCUT2D eigenvalue weighted by Gasteiger charge is -2.29. The Hall–Kier alpha value is -2.54. The molecule has 6 nitrogen and oxygen atoms in total. The minimum absolute atomic E-state index is 0.318. The number of carbonyl (C=O) groups is 1. The van der Waals surface area contributed by atoms with Crippen molar-refractivity contribution in [3.8, 4) is 5.75 Å². The van der Waals surface area contributed by atoms with Crippen molar-refractivity contribution >= 4 is 21.6 Å². The summed E-state index contributed by atoms with van der Waals surface area (Å²) in [5.74, 6) is 0.486. The number of nitrogens with one attached hydrogen (secondary N) is 1. The van der Waals surface area contributed by atoms with Crippen LogP contribution in [0, 0.1) is 13.8 Å². The molecule has 0 aliphatic heterocycles. The highest BCUT2D eigenvalue weighted by Gasteiger charge is 2.29. The lowest BCUT2D eigenvalue weighted by molar-refractivity contribution is -0.121. The summed E-state index contributed by atoms with van der Waals surface area (Å²) < 4.78 is 31.3. The van der Waals surface area contributed by atoms with Crippen LogP contribution >= 0.6 is 0 Å². The first-order valence-electron chi connectivity index (χ1n) is 9.60. The van der Waals surface area contributed by atoms with E-state index in [1.165, 1.54) is 4.31 Å². The van der Waals surface area contributed by atoms with Gasteiger partial charge in [-0.15, -0.1) is 0 Å². The van der Waals surface area contributed by atoms with E-state index >= 15 is 0 Å². The second-order valence-electron chi connectivity index (χ2n) is 7.27. The maximum atomic E-state index is 12.7.